The predicted octanol–water partition coefficient (Wildman–Crippen LogP) is 4.56. The van der Waals surface area contributed by atoms with Gasteiger partial charge in [0.1, 0.15) is 0 Å². The maximum absolute atomic E-state index is 3.55. The van der Waals surface area contributed by atoms with Crippen molar-refractivity contribution in [1.82, 2.24) is 0 Å². The second kappa shape index (κ2) is 7.34. The monoisotopic (exact) mass is 332 g/mol. The SMILES string of the molecule is CCc1ccc(N(C)CCNc2ccccc2Br)cc1. The fourth-order valence-corrected chi connectivity index (χ4v) is 2.50. The molecule has 2 rings (SSSR count). The number of aryl methyl sites for hydroxylation is 1. The number of halogens is 1. The topological polar surface area (TPSA) is 15.3 Å². The van der Waals surface area contributed by atoms with E-state index in [1.54, 1.807) is 0 Å². The molecule has 2 nitrogen and oxygen atoms in total. The molecule has 0 radical (unpaired) electrons. The first-order chi connectivity index (χ1) is 9.70. The van der Waals surface area contributed by atoms with E-state index in [1.165, 1.54) is 11.3 Å². The van der Waals surface area contributed by atoms with Crippen LogP contribution in [-0.2, 0) is 6.42 Å². The van der Waals surface area contributed by atoms with Gasteiger partial charge >= 0.3 is 0 Å². The normalized spacial score (nSPS) is 10.3. The number of nitrogens with one attached hydrogen (secondary N) is 1. The third kappa shape index (κ3) is 4.01. The minimum Gasteiger partial charge on any atom is -0.382 e. The Morgan fingerprint density at radius 3 is 2.40 bits per heavy atom. The van der Waals surface area contributed by atoms with Crippen molar-refractivity contribution in [2.24, 2.45) is 0 Å². The molecule has 2 aromatic carbocycles. The summed E-state index contributed by atoms with van der Waals surface area (Å²) in [4.78, 5) is 2.27. The van der Waals surface area contributed by atoms with Crippen molar-refractivity contribution in [3.05, 3.63) is 58.6 Å². The molecule has 1 N–H and O–H groups in total. The molecule has 0 aliphatic carbocycles. The van der Waals surface area contributed by atoms with E-state index >= 15 is 0 Å². The molecule has 2 aromatic rings. The van der Waals surface area contributed by atoms with E-state index < -0.39 is 0 Å². The predicted molar refractivity (Wildman–Crippen MR) is 91.7 cm³/mol. The second-order valence-electron chi connectivity index (χ2n) is 4.85. The Morgan fingerprint density at radius 2 is 1.75 bits per heavy atom. The summed E-state index contributed by atoms with van der Waals surface area (Å²) in [7, 11) is 2.13. The molecule has 0 amide bonds. The molecule has 0 atom stereocenters. The second-order valence-corrected chi connectivity index (χ2v) is 5.70. The average molecular weight is 333 g/mol. The van der Waals surface area contributed by atoms with Crippen molar-refractivity contribution in [1.29, 1.82) is 0 Å². The van der Waals surface area contributed by atoms with Crippen molar-refractivity contribution in [2.45, 2.75) is 13.3 Å². The van der Waals surface area contributed by atoms with Crippen LogP contribution in [0.4, 0.5) is 11.4 Å². The number of benzene rings is 2. The summed E-state index contributed by atoms with van der Waals surface area (Å²) in [6, 6.07) is 17.0. The van der Waals surface area contributed by atoms with Crippen LogP contribution >= 0.6 is 15.9 Å². The molecule has 0 aliphatic heterocycles. The van der Waals surface area contributed by atoms with Gasteiger partial charge in [-0.05, 0) is 52.2 Å². The summed E-state index contributed by atoms with van der Waals surface area (Å²) >= 11 is 3.55. The van der Waals surface area contributed by atoms with Gasteiger partial charge in [-0.3, -0.25) is 0 Å². The third-order valence-corrected chi connectivity index (χ3v) is 4.11. The van der Waals surface area contributed by atoms with Crippen LogP contribution < -0.4 is 10.2 Å². The highest BCUT2D eigenvalue weighted by atomic mass is 79.9. The van der Waals surface area contributed by atoms with E-state index in [-0.39, 0.29) is 0 Å². The summed E-state index contributed by atoms with van der Waals surface area (Å²) in [5, 5.41) is 3.45. The van der Waals surface area contributed by atoms with Crippen LogP contribution in [0.25, 0.3) is 0 Å². The lowest BCUT2D eigenvalue weighted by molar-refractivity contribution is 0.913. The lowest BCUT2D eigenvalue weighted by Gasteiger charge is -2.20. The Bertz CT molecular complexity index is 537. The van der Waals surface area contributed by atoms with Gasteiger partial charge in [0, 0.05) is 36.0 Å². The molecular weight excluding hydrogens is 312 g/mol. The molecule has 0 aliphatic rings. The smallest absolute Gasteiger partial charge is 0.0485 e. The van der Waals surface area contributed by atoms with E-state index in [0.29, 0.717) is 0 Å². The molecule has 0 fully saturated rings. The Labute approximate surface area is 129 Å². The average Bonchev–Trinajstić information content (AvgIpc) is 2.49. The van der Waals surface area contributed by atoms with Crippen LogP contribution in [0.3, 0.4) is 0 Å². The largest absolute Gasteiger partial charge is 0.382 e. The van der Waals surface area contributed by atoms with Crippen LogP contribution in [0.5, 0.6) is 0 Å². The highest BCUT2D eigenvalue weighted by molar-refractivity contribution is 9.10. The van der Waals surface area contributed by atoms with Crippen molar-refractivity contribution in [3.8, 4) is 0 Å². The highest BCUT2D eigenvalue weighted by Gasteiger charge is 2.01. The van der Waals surface area contributed by atoms with E-state index in [2.05, 4.69) is 76.5 Å². The lowest BCUT2D eigenvalue weighted by Crippen LogP contribution is -2.24. The van der Waals surface area contributed by atoms with Gasteiger partial charge in [-0.2, -0.15) is 0 Å². The fraction of sp³-hybridized carbons (Fsp3) is 0.294. The zero-order valence-corrected chi connectivity index (χ0v) is 13.7. The first kappa shape index (κ1) is 14.9. The molecule has 0 heterocycles. The maximum atomic E-state index is 3.55. The van der Waals surface area contributed by atoms with Gasteiger partial charge in [0.2, 0.25) is 0 Å². The zero-order valence-electron chi connectivity index (χ0n) is 12.1. The molecule has 0 saturated carbocycles. The number of rotatable bonds is 6. The molecule has 0 bridgehead atoms. The number of likely N-dealkylation sites (N-methyl/N-ethyl adjacent to an activating group) is 1. The third-order valence-electron chi connectivity index (χ3n) is 3.42. The number of hydrogen-bond acceptors (Lipinski definition) is 2. The summed E-state index contributed by atoms with van der Waals surface area (Å²) in [6.07, 6.45) is 1.09. The first-order valence-corrected chi connectivity index (χ1v) is 7.78. The van der Waals surface area contributed by atoms with E-state index in [1.807, 2.05) is 12.1 Å². The van der Waals surface area contributed by atoms with Crippen LogP contribution in [0.2, 0.25) is 0 Å². The van der Waals surface area contributed by atoms with Gasteiger partial charge in [0.05, 0.1) is 0 Å². The van der Waals surface area contributed by atoms with E-state index in [4.69, 9.17) is 0 Å². The summed E-state index contributed by atoms with van der Waals surface area (Å²) in [5.74, 6) is 0. The number of para-hydroxylation sites is 1. The molecule has 20 heavy (non-hydrogen) atoms. The number of nitrogens with zero attached hydrogens (tertiary/aromatic N) is 1. The van der Waals surface area contributed by atoms with Crippen LogP contribution in [-0.4, -0.2) is 20.1 Å². The Morgan fingerprint density at radius 1 is 1.05 bits per heavy atom. The quantitative estimate of drug-likeness (QED) is 0.834. The molecule has 106 valence electrons. The summed E-state index contributed by atoms with van der Waals surface area (Å²) < 4.78 is 1.11. The fourth-order valence-electron chi connectivity index (χ4n) is 2.08. The van der Waals surface area contributed by atoms with Crippen molar-refractivity contribution in [2.75, 3.05) is 30.4 Å². The van der Waals surface area contributed by atoms with Crippen molar-refractivity contribution >= 4 is 27.3 Å². The standard InChI is InChI=1S/C17H21BrN2/c1-3-14-8-10-15(11-9-14)20(2)13-12-19-17-7-5-4-6-16(17)18/h4-11,19H,3,12-13H2,1-2H3. The minimum atomic E-state index is 0.911. The molecule has 0 unspecified atom stereocenters. The van der Waals surface area contributed by atoms with Crippen LogP contribution in [0.15, 0.2) is 53.0 Å². The number of hydrogen-bond donors (Lipinski definition) is 1. The zero-order chi connectivity index (χ0) is 14.4. The number of anilines is 2. The summed E-state index contributed by atoms with van der Waals surface area (Å²) in [6.45, 7) is 4.06. The Kier molecular flexibility index (Phi) is 5.48. The van der Waals surface area contributed by atoms with E-state index in [9.17, 15) is 0 Å². The summed E-state index contributed by atoms with van der Waals surface area (Å²) in [5.41, 5.74) is 3.78. The van der Waals surface area contributed by atoms with Gasteiger partial charge in [-0.1, -0.05) is 31.2 Å². The minimum absolute atomic E-state index is 0.911. The van der Waals surface area contributed by atoms with Crippen molar-refractivity contribution < 1.29 is 0 Å². The van der Waals surface area contributed by atoms with Gasteiger partial charge in [0.15, 0.2) is 0 Å². The molecule has 0 spiro atoms. The molecule has 0 saturated heterocycles. The lowest BCUT2D eigenvalue weighted by atomic mass is 10.1. The van der Waals surface area contributed by atoms with Gasteiger partial charge in [-0.15, -0.1) is 0 Å². The van der Waals surface area contributed by atoms with Crippen LogP contribution in [0, 0.1) is 0 Å². The highest BCUT2D eigenvalue weighted by Crippen LogP contribution is 2.21. The maximum Gasteiger partial charge on any atom is 0.0485 e. The van der Waals surface area contributed by atoms with Crippen molar-refractivity contribution in [3.63, 3.8) is 0 Å². The van der Waals surface area contributed by atoms with Gasteiger partial charge < -0.3 is 10.2 Å². The Balaban J connectivity index is 1.85. The van der Waals surface area contributed by atoms with Gasteiger partial charge in [-0.25, -0.2) is 0 Å². The molecule has 3 heteroatoms. The molecular formula is C17H21BrN2. The molecule has 0 aromatic heterocycles. The Hall–Kier alpha value is -1.48. The van der Waals surface area contributed by atoms with Crippen LogP contribution in [0.1, 0.15) is 12.5 Å². The van der Waals surface area contributed by atoms with E-state index in [0.717, 1.165) is 29.7 Å². The first-order valence-electron chi connectivity index (χ1n) is 6.99. The van der Waals surface area contributed by atoms with Gasteiger partial charge in [0.25, 0.3) is 0 Å².